The molecule has 0 aromatic rings. The van der Waals surface area contributed by atoms with Gasteiger partial charge in [0.15, 0.2) is 18.5 Å². The van der Waals surface area contributed by atoms with Gasteiger partial charge in [-0.05, 0) is 0 Å². The molecule has 0 aromatic carbocycles. The zero-order valence-electron chi connectivity index (χ0n) is 5.65. The lowest BCUT2D eigenvalue weighted by Gasteiger charge is -2.18. The smallest absolute Gasteiger partial charge is 0.335 e. The third kappa shape index (κ3) is 2.21. The number of carboxylic acid groups (broad SMARTS) is 1. The summed E-state index contributed by atoms with van der Waals surface area (Å²) in [6.45, 7) is 0. The van der Waals surface area contributed by atoms with Crippen molar-refractivity contribution in [3.8, 4) is 0 Å². The van der Waals surface area contributed by atoms with E-state index in [1.165, 1.54) is 0 Å². The summed E-state index contributed by atoms with van der Waals surface area (Å²) in [5.41, 5.74) is 0. The Labute approximate surface area is 65.2 Å². The number of carbonyl (C=O) groups excluding carboxylic acids is 1. The molecule has 0 saturated carbocycles. The van der Waals surface area contributed by atoms with Crippen molar-refractivity contribution in [2.75, 3.05) is 0 Å². The van der Waals surface area contributed by atoms with Gasteiger partial charge in [0.05, 0.1) is 0 Å². The highest BCUT2D eigenvalue weighted by molar-refractivity contribution is 5.74. The number of rotatable bonds is 4. The maximum atomic E-state index is 12.1. The molecule has 5 nitrogen and oxygen atoms in total. The SMILES string of the molecule is O=CC(F)(F)[C@H](O)[C@H](O)C(=O)O. The van der Waals surface area contributed by atoms with Crippen LogP contribution in [-0.4, -0.2) is 45.7 Å². The Balaban J connectivity index is 4.47. The Hall–Kier alpha value is -1.08. The fourth-order valence-electron chi connectivity index (χ4n) is 0.415. The first-order valence-corrected chi connectivity index (χ1v) is 2.76. The molecule has 0 aliphatic rings. The van der Waals surface area contributed by atoms with E-state index in [1.54, 1.807) is 0 Å². The minimum absolute atomic E-state index is 0.927. The number of alkyl halides is 2. The Morgan fingerprint density at radius 3 is 2.08 bits per heavy atom. The molecule has 2 atom stereocenters. The molecule has 0 aliphatic carbocycles. The lowest BCUT2D eigenvalue weighted by atomic mass is 10.1. The minimum Gasteiger partial charge on any atom is -0.479 e. The van der Waals surface area contributed by atoms with E-state index >= 15 is 0 Å². The maximum absolute atomic E-state index is 12.1. The lowest BCUT2D eigenvalue weighted by molar-refractivity contribution is -0.178. The van der Waals surface area contributed by atoms with E-state index in [0.29, 0.717) is 0 Å². The van der Waals surface area contributed by atoms with Gasteiger partial charge in [-0.15, -0.1) is 0 Å². The zero-order chi connectivity index (χ0) is 9.94. The van der Waals surface area contributed by atoms with Crippen LogP contribution in [0.5, 0.6) is 0 Å². The van der Waals surface area contributed by atoms with Crippen molar-refractivity contribution in [1.29, 1.82) is 0 Å². The summed E-state index contributed by atoms with van der Waals surface area (Å²) in [7, 11) is 0. The first-order chi connectivity index (χ1) is 5.33. The van der Waals surface area contributed by atoms with E-state index in [-0.39, 0.29) is 0 Å². The van der Waals surface area contributed by atoms with Gasteiger partial charge in [-0.2, -0.15) is 8.78 Å². The predicted molar refractivity (Wildman–Crippen MR) is 30.7 cm³/mol. The predicted octanol–water partition coefficient (Wildman–Crippen LogP) is -1.37. The summed E-state index contributed by atoms with van der Waals surface area (Å²) in [6, 6.07) is 0. The van der Waals surface area contributed by atoms with Crippen LogP contribution in [0.3, 0.4) is 0 Å². The second-order valence-electron chi connectivity index (χ2n) is 2.02. The lowest BCUT2D eigenvalue weighted by Crippen LogP contribution is -2.47. The fraction of sp³-hybridized carbons (Fsp3) is 0.600. The van der Waals surface area contributed by atoms with Crippen molar-refractivity contribution >= 4 is 12.3 Å². The second kappa shape index (κ2) is 3.55. The molecule has 0 unspecified atom stereocenters. The largest absolute Gasteiger partial charge is 0.479 e. The number of aliphatic hydroxyl groups excluding tert-OH is 2. The van der Waals surface area contributed by atoms with Gasteiger partial charge in [-0.25, -0.2) is 4.79 Å². The maximum Gasteiger partial charge on any atom is 0.335 e. The zero-order valence-corrected chi connectivity index (χ0v) is 5.65. The number of hydrogen-bond acceptors (Lipinski definition) is 4. The van der Waals surface area contributed by atoms with Crippen LogP contribution in [0, 0.1) is 0 Å². The molecule has 0 fully saturated rings. The highest BCUT2D eigenvalue weighted by Crippen LogP contribution is 2.18. The van der Waals surface area contributed by atoms with Crippen LogP contribution in [0.25, 0.3) is 0 Å². The van der Waals surface area contributed by atoms with Crippen molar-refractivity contribution in [2.45, 2.75) is 18.1 Å². The van der Waals surface area contributed by atoms with Gasteiger partial charge in [0.1, 0.15) is 0 Å². The van der Waals surface area contributed by atoms with Gasteiger partial charge in [0.2, 0.25) is 0 Å². The number of aldehydes is 1. The molecular formula is C5H6F2O5. The van der Waals surface area contributed by atoms with Gasteiger partial charge in [-0.1, -0.05) is 0 Å². The van der Waals surface area contributed by atoms with Gasteiger partial charge in [0.25, 0.3) is 0 Å². The second-order valence-corrected chi connectivity index (χ2v) is 2.02. The molecule has 12 heavy (non-hydrogen) atoms. The summed E-state index contributed by atoms with van der Waals surface area (Å²) in [6.07, 6.45) is -6.53. The first kappa shape index (κ1) is 10.9. The quantitative estimate of drug-likeness (QED) is 0.468. The molecule has 3 N–H and O–H groups in total. The van der Waals surface area contributed by atoms with Crippen molar-refractivity contribution in [3.63, 3.8) is 0 Å². The Morgan fingerprint density at radius 2 is 1.83 bits per heavy atom. The normalized spacial score (nSPS) is 16.7. The van der Waals surface area contributed by atoms with Crippen LogP contribution in [0.15, 0.2) is 0 Å². The standard InChI is InChI=1S/C5H6F2O5/c6-5(7,1-8)3(10)2(9)4(11)12/h1-3,9-10H,(H,11,12)/t2-,3+/m0/s1. The van der Waals surface area contributed by atoms with Crippen LogP contribution in [-0.2, 0) is 9.59 Å². The molecule has 0 bridgehead atoms. The van der Waals surface area contributed by atoms with Crippen LogP contribution < -0.4 is 0 Å². The highest BCUT2D eigenvalue weighted by Gasteiger charge is 2.45. The Morgan fingerprint density at radius 1 is 1.42 bits per heavy atom. The van der Waals surface area contributed by atoms with E-state index in [0.717, 1.165) is 0 Å². The number of aliphatic hydroxyl groups is 2. The third-order valence-corrected chi connectivity index (χ3v) is 1.10. The minimum atomic E-state index is -4.25. The molecule has 7 heteroatoms. The molecule has 0 spiro atoms. The molecular weight excluding hydrogens is 178 g/mol. The van der Waals surface area contributed by atoms with E-state index in [9.17, 15) is 18.4 Å². The Bertz CT molecular complexity index is 192. The molecule has 0 radical (unpaired) electrons. The van der Waals surface area contributed by atoms with E-state index < -0.39 is 30.4 Å². The summed E-state index contributed by atoms with van der Waals surface area (Å²) < 4.78 is 24.2. The summed E-state index contributed by atoms with van der Waals surface area (Å²) in [5.74, 6) is -6.28. The van der Waals surface area contributed by atoms with Crippen LogP contribution in [0.4, 0.5) is 8.78 Å². The average molecular weight is 184 g/mol. The van der Waals surface area contributed by atoms with Crippen molar-refractivity contribution < 1.29 is 33.7 Å². The van der Waals surface area contributed by atoms with Crippen molar-refractivity contribution in [1.82, 2.24) is 0 Å². The molecule has 0 aliphatic heterocycles. The molecule has 0 amide bonds. The Kier molecular flexibility index (Phi) is 3.23. The van der Waals surface area contributed by atoms with Gasteiger partial charge >= 0.3 is 11.9 Å². The van der Waals surface area contributed by atoms with Gasteiger partial charge < -0.3 is 15.3 Å². The monoisotopic (exact) mass is 184 g/mol. The molecule has 70 valence electrons. The van der Waals surface area contributed by atoms with Crippen molar-refractivity contribution in [3.05, 3.63) is 0 Å². The summed E-state index contributed by atoms with van der Waals surface area (Å²) in [4.78, 5) is 19.4. The van der Waals surface area contributed by atoms with Crippen molar-refractivity contribution in [2.24, 2.45) is 0 Å². The first-order valence-electron chi connectivity index (χ1n) is 2.76. The van der Waals surface area contributed by atoms with Gasteiger partial charge in [0, 0.05) is 0 Å². The van der Waals surface area contributed by atoms with Crippen LogP contribution in [0.2, 0.25) is 0 Å². The van der Waals surface area contributed by atoms with E-state index in [2.05, 4.69) is 0 Å². The molecule has 0 aromatic heterocycles. The average Bonchev–Trinajstić information content (AvgIpc) is 2.01. The molecule has 0 saturated heterocycles. The molecule has 0 rings (SSSR count). The number of aliphatic carboxylic acids is 1. The number of halogens is 2. The van der Waals surface area contributed by atoms with Gasteiger partial charge in [-0.3, -0.25) is 4.79 Å². The van der Waals surface area contributed by atoms with E-state index in [1.807, 2.05) is 0 Å². The van der Waals surface area contributed by atoms with Crippen LogP contribution in [0.1, 0.15) is 0 Å². The fourth-order valence-corrected chi connectivity index (χ4v) is 0.415. The summed E-state index contributed by atoms with van der Waals surface area (Å²) in [5, 5.41) is 24.7. The number of carboxylic acids is 1. The number of carbonyl (C=O) groups is 2. The number of hydrogen-bond donors (Lipinski definition) is 3. The third-order valence-electron chi connectivity index (χ3n) is 1.10. The summed E-state index contributed by atoms with van der Waals surface area (Å²) >= 11 is 0. The molecule has 0 heterocycles. The van der Waals surface area contributed by atoms with Crippen LogP contribution >= 0.6 is 0 Å². The highest BCUT2D eigenvalue weighted by atomic mass is 19.3. The topological polar surface area (TPSA) is 94.8 Å². The van der Waals surface area contributed by atoms with E-state index in [4.69, 9.17) is 15.3 Å².